The number of rotatable bonds is 1. The van der Waals surface area contributed by atoms with Crippen LogP contribution in [0.15, 0.2) is 24.3 Å². The standard InChI is InChI=1S/C7H7F2N/c1-10(9)7-4-2-6(8)3-5-7/h2-5H,1H3. The molecule has 0 spiro atoms. The molecule has 0 N–H and O–H groups in total. The van der Waals surface area contributed by atoms with Crippen LogP contribution < -0.4 is 5.12 Å². The molecule has 0 aliphatic rings. The molecule has 1 aromatic carbocycles. The summed E-state index contributed by atoms with van der Waals surface area (Å²) in [5.74, 6) is -0.356. The van der Waals surface area contributed by atoms with Gasteiger partial charge in [-0.1, -0.05) is 0 Å². The molecule has 0 aliphatic carbocycles. The Labute approximate surface area is 57.8 Å². The highest BCUT2D eigenvalue weighted by Crippen LogP contribution is 2.12. The van der Waals surface area contributed by atoms with E-state index in [2.05, 4.69) is 0 Å². The van der Waals surface area contributed by atoms with Gasteiger partial charge in [-0.15, -0.1) is 4.48 Å². The van der Waals surface area contributed by atoms with Gasteiger partial charge in [-0.2, -0.15) is 0 Å². The summed E-state index contributed by atoms with van der Waals surface area (Å²) >= 11 is 0. The number of nitrogens with zero attached hydrogens (tertiary/aromatic N) is 1. The third-order valence-corrected chi connectivity index (χ3v) is 1.18. The van der Waals surface area contributed by atoms with Gasteiger partial charge in [-0.25, -0.2) is 9.51 Å². The van der Waals surface area contributed by atoms with E-state index in [1.165, 1.54) is 31.3 Å². The summed E-state index contributed by atoms with van der Waals surface area (Å²) in [6.45, 7) is 0. The molecule has 3 heteroatoms. The van der Waals surface area contributed by atoms with Crippen molar-refractivity contribution in [1.82, 2.24) is 0 Å². The largest absolute Gasteiger partial charge is 0.215 e. The lowest BCUT2D eigenvalue weighted by molar-refractivity contribution is 0.475. The Morgan fingerprint density at radius 1 is 1.20 bits per heavy atom. The lowest BCUT2D eigenvalue weighted by Gasteiger charge is -2.04. The molecule has 0 unspecified atom stereocenters. The summed E-state index contributed by atoms with van der Waals surface area (Å²) in [7, 11) is 1.26. The predicted molar refractivity (Wildman–Crippen MR) is 35.9 cm³/mol. The van der Waals surface area contributed by atoms with Crippen LogP contribution in [0.5, 0.6) is 0 Å². The molecule has 0 saturated heterocycles. The van der Waals surface area contributed by atoms with E-state index in [1.807, 2.05) is 0 Å². The molecular weight excluding hydrogens is 136 g/mol. The first-order chi connectivity index (χ1) is 4.70. The van der Waals surface area contributed by atoms with E-state index in [4.69, 9.17) is 0 Å². The van der Waals surface area contributed by atoms with Crippen molar-refractivity contribution < 1.29 is 8.87 Å². The van der Waals surface area contributed by atoms with Gasteiger partial charge in [0.2, 0.25) is 0 Å². The zero-order valence-electron chi connectivity index (χ0n) is 5.51. The van der Waals surface area contributed by atoms with Gasteiger partial charge >= 0.3 is 0 Å². The topological polar surface area (TPSA) is 3.24 Å². The van der Waals surface area contributed by atoms with Crippen LogP contribution >= 0.6 is 0 Å². The van der Waals surface area contributed by atoms with E-state index < -0.39 is 0 Å². The Morgan fingerprint density at radius 2 is 1.70 bits per heavy atom. The lowest BCUT2D eigenvalue weighted by atomic mass is 10.3. The molecule has 0 fully saturated rings. The van der Waals surface area contributed by atoms with E-state index in [-0.39, 0.29) is 5.82 Å². The van der Waals surface area contributed by atoms with Crippen molar-refractivity contribution in [2.45, 2.75) is 0 Å². The molecule has 0 atom stereocenters. The van der Waals surface area contributed by atoms with Crippen molar-refractivity contribution in [3.63, 3.8) is 0 Å². The normalized spacial score (nSPS) is 9.50. The monoisotopic (exact) mass is 143 g/mol. The van der Waals surface area contributed by atoms with Crippen LogP contribution in [0.25, 0.3) is 0 Å². The maximum atomic E-state index is 12.3. The van der Waals surface area contributed by atoms with Crippen molar-refractivity contribution in [1.29, 1.82) is 0 Å². The maximum Gasteiger partial charge on any atom is 0.123 e. The van der Waals surface area contributed by atoms with E-state index in [9.17, 15) is 8.87 Å². The lowest BCUT2D eigenvalue weighted by Crippen LogP contribution is -2.01. The number of halogens is 2. The minimum atomic E-state index is -0.356. The molecule has 54 valence electrons. The van der Waals surface area contributed by atoms with Crippen molar-refractivity contribution >= 4 is 5.69 Å². The van der Waals surface area contributed by atoms with Crippen molar-refractivity contribution in [3.05, 3.63) is 30.1 Å². The second-order valence-corrected chi connectivity index (χ2v) is 1.95. The molecular formula is C7H7F2N. The van der Waals surface area contributed by atoms with E-state index in [0.29, 0.717) is 10.8 Å². The Hall–Kier alpha value is -1.12. The van der Waals surface area contributed by atoms with Crippen LogP contribution in [0.1, 0.15) is 0 Å². The zero-order valence-corrected chi connectivity index (χ0v) is 5.51. The van der Waals surface area contributed by atoms with Gasteiger partial charge in [-0.05, 0) is 24.3 Å². The second-order valence-electron chi connectivity index (χ2n) is 1.95. The third kappa shape index (κ3) is 1.43. The van der Waals surface area contributed by atoms with Gasteiger partial charge in [0.1, 0.15) is 5.82 Å². The highest BCUT2D eigenvalue weighted by molar-refractivity contribution is 5.42. The van der Waals surface area contributed by atoms with Crippen LogP contribution in [0.3, 0.4) is 0 Å². The van der Waals surface area contributed by atoms with Gasteiger partial charge in [0.15, 0.2) is 0 Å². The van der Waals surface area contributed by atoms with Crippen LogP contribution in [0, 0.1) is 5.82 Å². The van der Waals surface area contributed by atoms with E-state index in [0.717, 1.165) is 0 Å². The Balaban J connectivity index is 2.89. The predicted octanol–water partition coefficient (Wildman–Crippen LogP) is 2.15. The van der Waals surface area contributed by atoms with Crippen LogP contribution in [-0.2, 0) is 0 Å². The van der Waals surface area contributed by atoms with Gasteiger partial charge in [0.05, 0.1) is 5.69 Å². The average molecular weight is 143 g/mol. The second kappa shape index (κ2) is 2.64. The summed E-state index contributed by atoms with van der Waals surface area (Å²) in [6, 6.07) is 5.17. The zero-order chi connectivity index (χ0) is 7.56. The Morgan fingerprint density at radius 3 is 2.10 bits per heavy atom. The number of benzene rings is 1. The van der Waals surface area contributed by atoms with Crippen LogP contribution in [0.4, 0.5) is 14.6 Å². The molecule has 0 radical (unpaired) electrons. The van der Waals surface area contributed by atoms with E-state index >= 15 is 0 Å². The number of hydrogen-bond donors (Lipinski definition) is 0. The molecule has 10 heavy (non-hydrogen) atoms. The first kappa shape index (κ1) is 6.99. The van der Waals surface area contributed by atoms with Gasteiger partial charge < -0.3 is 0 Å². The number of hydrogen-bond acceptors (Lipinski definition) is 1. The van der Waals surface area contributed by atoms with Crippen LogP contribution in [0.2, 0.25) is 0 Å². The van der Waals surface area contributed by atoms with Crippen molar-refractivity contribution in [3.8, 4) is 0 Å². The minimum Gasteiger partial charge on any atom is -0.215 e. The van der Waals surface area contributed by atoms with Gasteiger partial charge in [0, 0.05) is 7.05 Å². The quantitative estimate of drug-likeness (QED) is 0.544. The van der Waals surface area contributed by atoms with Crippen LogP contribution in [-0.4, -0.2) is 7.05 Å². The molecule has 0 aromatic heterocycles. The molecule has 0 saturated carbocycles. The first-order valence-electron chi connectivity index (χ1n) is 2.85. The molecule has 1 rings (SSSR count). The molecule has 0 heterocycles. The SMILES string of the molecule is CN(F)c1ccc(F)cc1. The Bertz CT molecular complexity index is 205. The highest BCUT2D eigenvalue weighted by Gasteiger charge is 1.96. The van der Waals surface area contributed by atoms with Gasteiger partial charge in [-0.3, -0.25) is 0 Å². The summed E-state index contributed by atoms with van der Waals surface area (Å²) < 4.78 is 24.5. The maximum absolute atomic E-state index is 12.3. The first-order valence-corrected chi connectivity index (χ1v) is 2.85. The minimum absolute atomic E-state index is 0.349. The number of anilines is 1. The van der Waals surface area contributed by atoms with Crippen molar-refractivity contribution in [2.24, 2.45) is 0 Å². The van der Waals surface area contributed by atoms with Crippen molar-refractivity contribution in [2.75, 3.05) is 12.2 Å². The molecule has 0 aliphatic heterocycles. The Kier molecular flexibility index (Phi) is 1.85. The average Bonchev–Trinajstić information content (AvgIpc) is 1.88. The fraction of sp³-hybridized carbons (Fsp3) is 0.143. The highest BCUT2D eigenvalue weighted by atomic mass is 19.2. The fourth-order valence-corrected chi connectivity index (χ4v) is 0.647. The summed E-state index contributed by atoms with van der Waals surface area (Å²) in [4.78, 5) is 0. The fourth-order valence-electron chi connectivity index (χ4n) is 0.647. The van der Waals surface area contributed by atoms with Gasteiger partial charge in [0.25, 0.3) is 0 Å². The summed E-state index contributed by atoms with van der Waals surface area (Å²) in [6.07, 6.45) is 0. The smallest absolute Gasteiger partial charge is 0.123 e. The van der Waals surface area contributed by atoms with E-state index in [1.54, 1.807) is 0 Å². The summed E-state index contributed by atoms with van der Waals surface area (Å²) in [5.41, 5.74) is 0.349. The molecule has 0 amide bonds. The molecule has 0 bridgehead atoms. The third-order valence-electron chi connectivity index (χ3n) is 1.18. The molecule has 1 nitrogen and oxygen atoms in total. The summed E-state index contributed by atoms with van der Waals surface area (Å²) in [5, 5.41) is 0.430. The molecule has 1 aromatic rings.